The number of benzene rings is 5. The normalized spacial score (nSPS) is 22.4. The molecule has 0 saturated carbocycles. The van der Waals surface area contributed by atoms with Crippen molar-refractivity contribution in [2.45, 2.75) is 50.2 Å². The van der Waals surface area contributed by atoms with E-state index in [0.29, 0.717) is 51.9 Å². The van der Waals surface area contributed by atoms with Crippen molar-refractivity contribution in [1.82, 2.24) is 0 Å². The van der Waals surface area contributed by atoms with Crippen LogP contribution in [-0.4, -0.2) is 63.9 Å². The fourth-order valence-electron chi connectivity index (χ4n) is 9.70. The van der Waals surface area contributed by atoms with Crippen LogP contribution in [0.15, 0.2) is 115 Å². The van der Waals surface area contributed by atoms with Crippen LogP contribution < -0.4 is 34.1 Å². The lowest BCUT2D eigenvalue weighted by atomic mass is 9.82. The van der Waals surface area contributed by atoms with Crippen LogP contribution in [0, 0.1) is 5.92 Å². The first-order valence-corrected chi connectivity index (χ1v) is 22.7. The van der Waals surface area contributed by atoms with Crippen molar-refractivity contribution in [3.8, 4) is 17.2 Å². The van der Waals surface area contributed by atoms with Gasteiger partial charge in [0, 0.05) is 29.5 Å². The quantitative estimate of drug-likeness (QED) is 0.159. The van der Waals surface area contributed by atoms with E-state index < -0.39 is 19.8 Å². The van der Waals surface area contributed by atoms with E-state index >= 15 is 4.79 Å². The molecule has 9 rings (SSSR count). The Hall–Kier alpha value is -5.95. The molecular formula is C46H45N3O8Si. The van der Waals surface area contributed by atoms with Crippen LogP contribution in [0.5, 0.6) is 17.2 Å². The summed E-state index contributed by atoms with van der Waals surface area (Å²) in [7, 11) is -0.780. The molecule has 1 N–H and O–H groups in total. The molecule has 1 saturated heterocycles. The zero-order chi connectivity index (χ0) is 40.3. The molecule has 4 aliphatic heterocycles. The number of para-hydroxylation sites is 4. The van der Waals surface area contributed by atoms with Gasteiger partial charge in [-0.15, -0.1) is 0 Å². The lowest BCUT2D eigenvalue weighted by Crippen LogP contribution is -2.51. The van der Waals surface area contributed by atoms with Crippen molar-refractivity contribution in [2.75, 3.05) is 41.6 Å². The summed E-state index contributed by atoms with van der Waals surface area (Å²) in [6.45, 7) is 6.70. The second-order valence-electron chi connectivity index (χ2n) is 15.9. The Labute approximate surface area is 338 Å². The van der Waals surface area contributed by atoms with E-state index in [1.54, 1.807) is 21.8 Å². The Morgan fingerprint density at radius 3 is 1.95 bits per heavy atom. The molecule has 0 unspecified atom stereocenters. The van der Waals surface area contributed by atoms with Crippen molar-refractivity contribution in [2.24, 2.45) is 5.92 Å². The molecule has 1 spiro atoms. The maximum absolute atomic E-state index is 15.5. The minimum Gasteiger partial charge on any atom is -0.497 e. The van der Waals surface area contributed by atoms with Crippen molar-refractivity contribution >= 4 is 59.4 Å². The van der Waals surface area contributed by atoms with E-state index in [4.69, 9.17) is 18.9 Å². The van der Waals surface area contributed by atoms with Gasteiger partial charge in [0.05, 0.1) is 44.9 Å². The summed E-state index contributed by atoms with van der Waals surface area (Å²) in [5.41, 5.74) is 3.39. The van der Waals surface area contributed by atoms with E-state index in [9.17, 15) is 14.7 Å². The molecule has 58 heavy (non-hydrogen) atoms. The lowest BCUT2D eigenvalue weighted by molar-refractivity contribution is -0.146. The molecule has 0 aliphatic carbocycles. The predicted octanol–water partition coefficient (Wildman–Crippen LogP) is 6.95. The SMILES string of the molecule is COc1ccc([Si](C)(C)[C@H]2[C@H](CCO)O[C@@]3(C(=O)N(Cc4ccc(N5C(=O)COc6ccccc65)cc4)c4ccc(N5C(=O)COc6ccccc65)cc43)[C@@H]2C)cc1. The van der Waals surface area contributed by atoms with Crippen LogP contribution in [0.3, 0.4) is 0 Å². The third kappa shape index (κ3) is 5.88. The number of rotatable bonds is 9. The largest absolute Gasteiger partial charge is 0.497 e. The summed E-state index contributed by atoms with van der Waals surface area (Å²) in [4.78, 5) is 47.2. The van der Waals surface area contributed by atoms with Crippen LogP contribution in [0.4, 0.5) is 28.4 Å². The van der Waals surface area contributed by atoms with Gasteiger partial charge in [0.25, 0.3) is 17.7 Å². The van der Waals surface area contributed by atoms with E-state index in [2.05, 4.69) is 32.2 Å². The van der Waals surface area contributed by atoms with Crippen molar-refractivity contribution in [3.05, 3.63) is 126 Å². The summed E-state index contributed by atoms with van der Waals surface area (Å²) in [6, 6.07) is 36.4. The number of anilines is 5. The first-order chi connectivity index (χ1) is 28.1. The summed E-state index contributed by atoms with van der Waals surface area (Å²) in [6.07, 6.45) is -0.0469. The van der Waals surface area contributed by atoms with Gasteiger partial charge in [-0.2, -0.15) is 0 Å². The van der Waals surface area contributed by atoms with Crippen LogP contribution in [0.2, 0.25) is 18.6 Å². The average Bonchev–Trinajstić information content (AvgIpc) is 3.67. The third-order valence-corrected chi connectivity index (χ3v) is 16.8. The number of carbonyl (C=O) groups is 3. The van der Waals surface area contributed by atoms with Gasteiger partial charge in [0.1, 0.15) is 17.2 Å². The fraction of sp³-hybridized carbons (Fsp3) is 0.283. The number of hydrogen-bond donors (Lipinski definition) is 1. The molecule has 5 aromatic rings. The molecule has 0 radical (unpaired) electrons. The highest BCUT2D eigenvalue weighted by molar-refractivity contribution is 6.91. The Balaban J connectivity index is 1.13. The van der Waals surface area contributed by atoms with Crippen molar-refractivity contribution in [3.63, 3.8) is 0 Å². The van der Waals surface area contributed by atoms with Gasteiger partial charge < -0.3 is 29.0 Å². The van der Waals surface area contributed by atoms with Gasteiger partial charge in [-0.3, -0.25) is 24.2 Å². The Kier molecular flexibility index (Phi) is 9.37. The van der Waals surface area contributed by atoms with E-state index in [-0.39, 0.29) is 55.5 Å². The van der Waals surface area contributed by atoms with Gasteiger partial charge >= 0.3 is 0 Å². The Bertz CT molecular complexity index is 2420. The average molecular weight is 796 g/mol. The zero-order valence-corrected chi connectivity index (χ0v) is 33.9. The van der Waals surface area contributed by atoms with Crippen molar-refractivity contribution in [1.29, 1.82) is 0 Å². The standard InChI is InChI=1S/C46H45N3O8Si/c1-29-44(58(3,4)34-20-18-33(54-2)19-21-34)41(23-24-50)57-46(29)35-25-32(49-38-10-6-8-12-40(38)56-28-43(49)52)17-22-36(35)47(45(46)53)26-30-13-15-31(16-14-30)48-37-9-5-7-11-39(37)55-27-42(48)51/h5-22,25,29,41,44,50H,23-24,26-28H2,1-4H3/t29-,41+,44-,46+/m1/s1. The second kappa shape index (κ2) is 14.5. The predicted molar refractivity (Wildman–Crippen MR) is 224 cm³/mol. The number of ether oxygens (including phenoxy) is 4. The van der Waals surface area contributed by atoms with Gasteiger partial charge in [-0.1, -0.05) is 73.7 Å². The number of nitrogens with zero attached hydrogens (tertiary/aromatic N) is 3. The number of methoxy groups -OCH3 is 1. The minimum atomic E-state index is -2.43. The van der Waals surface area contributed by atoms with E-state index in [1.807, 2.05) is 103 Å². The molecule has 3 amide bonds. The third-order valence-electron chi connectivity index (χ3n) is 12.4. The fourth-order valence-corrected chi connectivity index (χ4v) is 13.8. The molecule has 0 bridgehead atoms. The molecule has 1 fully saturated rings. The van der Waals surface area contributed by atoms with Crippen LogP contribution in [0.25, 0.3) is 0 Å². The first kappa shape index (κ1) is 37.6. The highest BCUT2D eigenvalue weighted by Gasteiger charge is 2.66. The van der Waals surface area contributed by atoms with Crippen LogP contribution in [-0.2, 0) is 31.3 Å². The smallest absolute Gasteiger partial charge is 0.269 e. The number of carbonyl (C=O) groups excluding carboxylic acids is 3. The molecule has 11 nitrogen and oxygen atoms in total. The number of aliphatic hydroxyl groups excluding tert-OH is 1. The van der Waals surface area contributed by atoms with E-state index in [1.165, 1.54) is 5.19 Å². The molecule has 5 aromatic carbocycles. The van der Waals surface area contributed by atoms with Crippen molar-refractivity contribution < 1.29 is 38.4 Å². The number of fused-ring (bicyclic) bond motifs is 4. The van der Waals surface area contributed by atoms with E-state index in [0.717, 1.165) is 11.3 Å². The second-order valence-corrected chi connectivity index (χ2v) is 20.6. The molecule has 0 aromatic heterocycles. The number of amides is 3. The number of hydrogen-bond acceptors (Lipinski definition) is 8. The summed E-state index contributed by atoms with van der Waals surface area (Å²) < 4.78 is 24.1. The molecule has 4 atom stereocenters. The molecule has 4 heterocycles. The zero-order valence-electron chi connectivity index (χ0n) is 32.9. The lowest BCUT2D eigenvalue weighted by Gasteiger charge is -2.37. The summed E-state index contributed by atoms with van der Waals surface area (Å²) in [5.74, 6) is 1.12. The van der Waals surface area contributed by atoms with Gasteiger partial charge in [0.2, 0.25) is 0 Å². The topological polar surface area (TPSA) is 118 Å². The Morgan fingerprint density at radius 2 is 1.34 bits per heavy atom. The van der Waals surface area contributed by atoms with Gasteiger partial charge in [-0.05, 0) is 84.3 Å². The highest BCUT2D eigenvalue weighted by atomic mass is 28.3. The monoisotopic (exact) mass is 795 g/mol. The Morgan fingerprint density at radius 1 is 0.759 bits per heavy atom. The maximum atomic E-state index is 15.5. The van der Waals surface area contributed by atoms with Crippen LogP contribution in [0.1, 0.15) is 24.5 Å². The maximum Gasteiger partial charge on any atom is 0.269 e. The molecule has 12 heteroatoms. The molecular weight excluding hydrogens is 751 g/mol. The summed E-state index contributed by atoms with van der Waals surface area (Å²) in [5, 5.41) is 11.6. The van der Waals surface area contributed by atoms with Crippen LogP contribution >= 0.6 is 0 Å². The summed E-state index contributed by atoms with van der Waals surface area (Å²) >= 11 is 0. The minimum absolute atomic E-state index is 0.0574. The molecule has 296 valence electrons. The molecule has 4 aliphatic rings. The van der Waals surface area contributed by atoms with Gasteiger partial charge in [0.15, 0.2) is 18.8 Å². The first-order valence-electron chi connectivity index (χ1n) is 19.6. The highest BCUT2D eigenvalue weighted by Crippen LogP contribution is 2.61. The van der Waals surface area contributed by atoms with Gasteiger partial charge in [-0.25, -0.2) is 0 Å². The number of aliphatic hydroxyl groups is 1.